The molecule has 48 heteroatoms. The van der Waals surface area contributed by atoms with E-state index in [0.717, 1.165) is 29.1 Å². The van der Waals surface area contributed by atoms with Crippen LogP contribution in [-0.4, -0.2) is 335 Å². The number of ketones is 4. The molecule has 0 aromatic rings. The van der Waals surface area contributed by atoms with Gasteiger partial charge in [-0.3, -0.25) is 95.9 Å². The molecule has 0 aromatic heterocycles. The quantitative estimate of drug-likeness (QED) is 0.0134. The minimum absolute atomic E-state index is 0.0241. The van der Waals surface area contributed by atoms with Crippen LogP contribution in [0.4, 0.5) is 0 Å². The van der Waals surface area contributed by atoms with E-state index in [-0.39, 0.29) is 87.3 Å². The lowest BCUT2D eigenvalue weighted by atomic mass is 9.78. The standard InChI is InChI=1S/C92H138N10O35S3/c1-48-18-14-13-15-19-49(2)66(129-10)36-57-23-21-50(3)80(134-57)79(118)87(122)102-31-17-16-20-63(102)90(127)135-67(37-64(104)51(4)33-54(7)81(82(131-12)78(117)53(6)32-48)137-77(116)44-139-42-62(84(120)97-39-73(110)111)100-70(106)29-25-59(94)88(123)124)52(5)34-56-22-27-65(68(35-56)130-11)136-91(128)92(9,47-133-76(115)45-140-86(85(121)98-40-74(112)113)101-71(107)30-26-60(95)89(125)126)46-132-75(114)43-138-41-61(83(119)96-38-72(108)109)99-69(105)28-24-58(93)55(8)103/h13-15,18-19,33,48,50-53,56-63,65-68,80-82,86H,16-17,20-32,34-47,93-95H2,1-12H3,(H,96,119)(H,97,120)(H,98,121)(H,99,105)(H,100,106)(H,101,107)(H,108,109)(H,110,111)(H,112,113)(H,123,124)(H,125,126)/b15-13+,18-14-,49-19+,54-33+/t48-,50+,51+,52+,53+,56-,57+,58-,59-,60-,61-,62-,63-,65+,66-,67?,68+,80+,81+,82-,86-,92?/m0/s1. The summed E-state index contributed by atoms with van der Waals surface area (Å²) in [5.41, 5.74) is 15.7. The number of Topliss-reactive ketones (excluding diaryl/α,β-unsaturated/α-hetero) is 4. The number of carboxylic acids is 5. The van der Waals surface area contributed by atoms with Crippen molar-refractivity contribution >= 4 is 159 Å². The minimum atomic E-state index is -2.15. The summed E-state index contributed by atoms with van der Waals surface area (Å²) in [5, 5.41) is 58.1. The van der Waals surface area contributed by atoms with Crippen LogP contribution in [0.2, 0.25) is 0 Å². The monoisotopic (exact) mass is 2040 g/mol. The first-order valence-corrected chi connectivity index (χ1v) is 49.4. The number of amides is 7. The summed E-state index contributed by atoms with van der Waals surface area (Å²) in [6.45, 7) is 9.76. The molecule has 2 bridgehead atoms. The highest BCUT2D eigenvalue weighted by molar-refractivity contribution is 8.01. The maximum Gasteiger partial charge on any atom is 0.329 e. The number of esters is 5. The number of rotatable bonds is 48. The smallest absolute Gasteiger partial charge is 0.329 e. The second kappa shape index (κ2) is 62.0. The van der Waals surface area contributed by atoms with E-state index in [9.17, 15) is 117 Å². The number of methoxy groups -OCH3 is 3. The van der Waals surface area contributed by atoms with Gasteiger partial charge in [0.2, 0.25) is 35.3 Å². The highest BCUT2D eigenvalue weighted by Gasteiger charge is 2.47. The predicted molar refractivity (Wildman–Crippen MR) is 504 cm³/mol. The van der Waals surface area contributed by atoms with Gasteiger partial charge in [0, 0.05) is 83.3 Å². The maximum absolute atomic E-state index is 15.3. The van der Waals surface area contributed by atoms with Gasteiger partial charge in [-0.05, 0) is 146 Å². The normalized spacial score (nSPS) is 25.8. The minimum Gasteiger partial charge on any atom is -0.480 e. The van der Waals surface area contributed by atoms with Crippen LogP contribution in [0.3, 0.4) is 0 Å². The Hall–Kier alpha value is -10.6. The van der Waals surface area contributed by atoms with Gasteiger partial charge in [-0.15, -0.1) is 35.3 Å². The van der Waals surface area contributed by atoms with Gasteiger partial charge < -0.3 is 122 Å². The molecule has 784 valence electrons. The van der Waals surface area contributed by atoms with Gasteiger partial charge in [0.25, 0.3) is 11.8 Å². The van der Waals surface area contributed by atoms with Crippen LogP contribution in [0, 0.1) is 40.9 Å². The van der Waals surface area contributed by atoms with E-state index < -0.39 is 325 Å². The van der Waals surface area contributed by atoms with Gasteiger partial charge in [-0.2, -0.15) is 0 Å². The molecule has 7 amide bonds. The van der Waals surface area contributed by atoms with Crippen molar-refractivity contribution in [3.63, 3.8) is 0 Å². The molecular weight excluding hydrogens is 1900 g/mol. The van der Waals surface area contributed by atoms with Crippen molar-refractivity contribution in [1.82, 2.24) is 36.8 Å². The van der Waals surface area contributed by atoms with E-state index in [1.807, 2.05) is 26.0 Å². The molecule has 0 spiro atoms. The summed E-state index contributed by atoms with van der Waals surface area (Å²) >= 11 is 1.89. The second-order valence-electron chi connectivity index (χ2n) is 35.8. The van der Waals surface area contributed by atoms with Crippen molar-refractivity contribution in [3.05, 3.63) is 47.6 Å². The number of thioether (sulfide) groups is 3. The van der Waals surface area contributed by atoms with Crippen molar-refractivity contribution in [2.45, 2.75) is 268 Å². The molecule has 17 N–H and O–H groups in total. The van der Waals surface area contributed by atoms with Crippen LogP contribution in [0.25, 0.3) is 0 Å². The number of fused-ring (bicyclic) bond motifs is 3. The number of allylic oxidation sites excluding steroid dienone is 6. The fourth-order valence-corrected chi connectivity index (χ4v) is 18.1. The Kier molecular flexibility index (Phi) is 53.9. The zero-order chi connectivity index (χ0) is 105. The summed E-state index contributed by atoms with van der Waals surface area (Å²) in [4.78, 5) is 280. The van der Waals surface area contributed by atoms with Crippen LogP contribution in [0.5, 0.6) is 0 Å². The van der Waals surface area contributed by atoms with E-state index >= 15 is 9.59 Å². The number of cyclic esters (lactones) is 1. The van der Waals surface area contributed by atoms with Crippen molar-refractivity contribution in [3.8, 4) is 0 Å². The van der Waals surface area contributed by atoms with Crippen LogP contribution < -0.4 is 49.1 Å². The number of hydrogen-bond donors (Lipinski definition) is 14. The van der Waals surface area contributed by atoms with Crippen molar-refractivity contribution < 1.29 is 169 Å². The van der Waals surface area contributed by atoms with E-state index in [1.54, 1.807) is 39.0 Å². The molecule has 3 aliphatic heterocycles. The van der Waals surface area contributed by atoms with E-state index in [4.69, 9.17) is 59.8 Å². The average Bonchev–Trinajstić information content (AvgIpc) is 0.807. The molecule has 45 nitrogen and oxygen atoms in total. The molecule has 0 aromatic carbocycles. The predicted octanol–water partition coefficient (Wildman–Crippen LogP) is 1.35. The van der Waals surface area contributed by atoms with Gasteiger partial charge >= 0.3 is 59.7 Å². The molecule has 3 fully saturated rings. The van der Waals surface area contributed by atoms with Crippen LogP contribution in [0.1, 0.15) is 178 Å². The van der Waals surface area contributed by atoms with Gasteiger partial charge in [0.15, 0.2) is 23.4 Å². The van der Waals surface area contributed by atoms with Crippen molar-refractivity contribution in [2.24, 2.45) is 58.1 Å². The van der Waals surface area contributed by atoms with Crippen molar-refractivity contribution in [1.29, 1.82) is 0 Å². The number of nitrogens with zero attached hydrogens (tertiary/aromatic N) is 1. The largest absolute Gasteiger partial charge is 0.480 e. The van der Waals surface area contributed by atoms with E-state index in [1.165, 1.54) is 60.0 Å². The van der Waals surface area contributed by atoms with Gasteiger partial charge in [0.05, 0.1) is 41.6 Å². The Morgan fingerprint density at radius 3 is 1.67 bits per heavy atom. The van der Waals surface area contributed by atoms with Crippen LogP contribution >= 0.6 is 35.3 Å². The summed E-state index contributed by atoms with van der Waals surface area (Å²) in [6.07, 6.45) is 2.05. The summed E-state index contributed by atoms with van der Waals surface area (Å²) < 4.78 is 54.4. The molecule has 4 rings (SSSR count). The van der Waals surface area contributed by atoms with Crippen LogP contribution in [-0.2, 0) is 143 Å². The molecule has 22 atom stereocenters. The lowest BCUT2D eigenvalue weighted by Gasteiger charge is -2.39. The third kappa shape index (κ3) is 43.1. The topological polar surface area (TPSA) is 696 Å². The third-order valence-corrected chi connectivity index (χ3v) is 27.1. The first-order valence-electron chi connectivity index (χ1n) is 46.1. The third-order valence-electron chi connectivity index (χ3n) is 24.0. The van der Waals surface area contributed by atoms with Gasteiger partial charge in [-0.1, -0.05) is 71.1 Å². The average molecular weight is 2040 g/mol. The van der Waals surface area contributed by atoms with E-state index in [2.05, 4.69) is 31.9 Å². The molecule has 4 aliphatic rings. The molecular formula is C92H138N10O35S3. The number of aliphatic carboxylic acids is 5. The number of hydrogen-bond acceptors (Lipinski definition) is 36. The van der Waals surface area contributed by atoms with Gasteiger partial charge in [0.1, 0.15) is 98.4 Å². The molecule has 1 saturated carbocycles. The Labute approximate surface area is 824 Å². The number of nitrogens with one attached hydrogen (secondary N) is 6. The van der Waals surface area contributed by atoms with Crippen molar-refractivity contribution in [2.75, 3.05) is 89.5 Å². The number of piperidine rings is 1. The first-order chi connectivity index (χ1) is 65.9. The zero-order valence-corrected chi connectivity index (χ0v) is 83.4. The van der Waals surface area contributed by atoms with Crippen LogP contribution in [0.15, 0.2) is 47.6 Å². The molecule has 2 saturated heterocycles. The Bertz CT molecular complexity index is 4460. The SMILES string of the molecule is CO[C@H]1C[C@H]2CC[C@@H](C)[C@@H](O2)C(=O)C(=O)N2CCCC[C@H]2C(=O)OC([C@H](C)C[C@@H]2CC[C@@H](OC(=O)C(C)(COC(=O)CSC[C@H](NC(=O)CC[C@H](N)C(C)=O)C(=O)NCC(=O)O)COC(=O)CS[C@H](NC(=O)CC[C@H](N)C(=O)O)C(=O)NCC(=O)O)[C@H](OC)C2)CC(=O)[C@H](C)/C=C(\C)[C@@H](OC(=O)CSC[C@H](NC(=O)CC[C@H](N)C(=O)O)C(=O)NCC(=O)O)[C@@H](OC)C(=O)[C@H](C)C[C@@H](C)\C=C/C=C/C=C/1C. The molecule has 1 aliphatic carbocycles. The lowest BCUT2D eigenvalue weighted by Crippen LogP contribution is -2.55. The number of carbonyl (C=O) groups excluding carboxylic acids is 16. The first kappa shape index (κ1) is 122. The molecule has 0 radical (unpaired) electrons. The fourth-order valence-electron chi connectivity index (χ4n) is 15.6. The lowest BCUT2D eigenvalue weighted by molar-refractivity contribution is -0.182. The van der Waals surface area contributed by atoms with Gasteiger partial charge in [-0.25, -0.2) is 4.79 Å². The summed E-state index contributed by atoms with van der Waals surface area (Å²) in [5.74, 6) is -28.0. The number of nitrogens with two attached hydrogens (primary N) is 3. The second-order valence-corrected chi connectivity index (χ2v) is 38.9. The zero-order valence-electron chi connectivity index (χ0n) is 81.0. The Morgan fingerprint density at radius 1 is 0.593 bits per heavy atom. The molecule has 140 heavy (non-hydrogen) atoms. The maximum atomic E-state index is 15.3. The Balaban J connectivity index is 1.80. The number of ether oxygens (including phenoxy) is 9. The fraction of sp³-hybridized carbons (Fsp3) is 0.685. The summed E-state index contributed by atoms with van der Waals surface area (Å²) in [6, 6.07) is -8.24. The summed E-state index contributed by atoms with van der Waals surface area (Å²) in [7, 11) is 4.08. The van der Waals surface area contributed by atoms with E-state index in [0.29, 0.717) is 43.9 Å². The highest BCUT2D eigenvalue weighted by atomic mass is 32.2. The highest BCUT2D eigenvalue weighted by Crippen LogP contribution is 2.38. The number of carboxylic acid groups (broad SMARTS) is 5. The molecule has 2 unspecified atom stereocenters. The molecule has 3 heterocycles. The number of carbonyl (C=O) groups is 21. The Morgan fingerprint density at radius 2 is 1.14 bits per heavy atom.